The molecule has 0 unspecified atom stereocenters. The van der Waals surface area contributed by atoms with E-state index in [0.29, 0.717) is 12.2 Å². The van der Waals surface area contributed by atoms with E-state index in [-0.39, 0.29) is 5.97 Å². The van der Waals surface area contributed by atoms with Crippen LogP contribution in [-0.4, -0.2) is 5.97 Å². The lowest BCUT2D eigenvalue weighted by molar-refractivity contribution is -0.139. The zero-order valence-electron chi connectivity index (χ0n) is 6.72. The molecule has 62 valence electrons. The van der Waals surface area contributed by atoms with E-state index in [2.05, 4.69) is 0 Å². The smallest absolute Gasteiger partial charge is 0.310 e. The van der Waals surface area contributed by atoms with Gasteiger partial charge in [0.1, 0.15) is 5.76 Å². The van der Waals surface area contributed by atoms with Gasteiger partial charge in [-0.2, -0.15) is 0 Å². The Kier molecular flexibility index (Phi) is 2.52. The second-order valence-electron chi connectivity index (χ2n) is 2.63. The van der Waals surface area contributed by atoms with Gasteiger partial charge in [-0.1, -0.05) is 6.92 Å². The molecule has 1 rings (SSSR count). The van der Waals surface area contributed by atoms with Gasteiger partial charge >= 0.3 is 5.97 Å². The van der Waals surface area contributed by atoms with Crippen molar-refractivity contribution < 1.29 is 9.53 Å². The minimum atomic E-state index is -0.190. The Bertz CT molecular complexity index is 196. The number of allylic oxidation sites excluding steroid dienone is 2. The van der Waals surface area contributed by atoms with E-state index < -0.39 is 0 Å². The highest BCUT2D eigenvalue weighted by Gasteiger charge is 2.15. The van der Waals surface area contributed by atoms with E-state index in [1.165, 1.54) is 0 Å². The van der Waals surface area contributed by atoms with Gasteiger partial charge in [0.2, 0.25) is 0 Å². The van der Waals surface area contributed by atoms with E-state index in [1.54, 1.807) is 6.92 Å². The highest BCUT2D eigenvalue weighted by Crippen LogP contribution is 2.23. The Morgan fingerprint density at radius 2 is 2.36 bits per heavy atom. The number of ether oxygens (including phenoxy) is 1. The highest BCUT2D eigenvalue weighted by molar-refractivity contribution is 5.70. The van der Waals surface area contributed by atoms with E-state index >= 15 is 0 Å². The van der Waals surface area contributed by atoms with Gasteiger partial charge in [0.05, 0.1) is 0 Å². The van der Waals surface area contributed by atoms with Gasteiger partial charge in [0, 0.05) is 18.5 Å². The number of hydrogen-bond acceptors (Lipinski definition) is 3. The maximum absolute atomic E-state index is 10.8. The molecule has 0 spiro atoms. The fraction of sp³-hybridized carbons (Fsp3) is 0.625. The third kappa shape index (κ3) is 1.97. The van der Waals surface area contributed by atoms with Crippen LogP contribution in [0.4, 0.5) is 0 Å². The van der Waals surface area contributed by atoms with Crippen molar-refractivity contribution in [3.05, 3.63) is 11.5 Å². The maximum Gasteiger partial charge on any atom is 0.310 e. The summed E-state index contributed by atoms with van der Waals surface area (Å²) < 4.78 is 4.99. The van der Waals surface area contributed by atoms with Gasteiger partial charge in [-0.3, -0.25) is 4.79 Å². The summed E-state index contributed by atoms with van der Waals surface area (Å²) in [5.74, 6) is 0.502. The van der Waals surface area contributed by atoms with Gasteiger partial charge in [0.15, 0.2) is 0 Å². The number of hydrogen-bond donors (Lipinski definition) is 1. The van der Waals surface area contributed by atoms with Crippen LogP contribution >= 0.6 is 0 Å². The Morgan fingerprint density at radius 1 is 1.64 bits per heavy atom. The normalized spacial score (nSPS) is 17.2. The first-order valence-electron chi connectivity index (χ1n) is 3.92. The average Bonchev–Trinajstić information content (AvgIpc) is 2.37. The lowest BCUT2D eigenvalue weighted by atomic mass is 10.3. The molecular weight excluding hydrogens is 142 g/mol. The molecule has 1 aliphatic rings. The van der Waals surface area contributed by atoms with Crippen LogP contribution in [-0.2, 0) is 9.53 Å². The summed E-state index contributed by atoms with van der Waals surface area (Å²) in [4.78, 5) is 10.8. The number of esters is 1. The Morgan fingerprint density at radius 3 is 2.82 bits per heavy atom. The molecule has 0 aromatic rings. The third-order valence-corrected chi connectivity index (χ3v) is 1.73. The fourth-order valence-corrected chi connectivity index (χ4v) is 1.07. The van der Waals surface area contributed by atoms with Crippen LogP contribution in [0.1, 0.15) is 32.6 Å². The number of rotatable bonds is 2. The zero-order valence-corrected chi connectivity index (χ0v) is 6.72. The van der Waals surface area contributed by atoms with Crippen LogP contribution in [0, 0.1) is 0 Å². The van der Waals surface area contributed by atoms with Crippen molar-refractivity contribution in [3.63, 3.8) is 0 Å². The number of nitrogens with two attached hydrogens (primary N) is 1. The summed E-state index contributed by atoms with van der Waals surface area (Å²) in [6.45, 7) is 1.77. The molecule has 0 aromatic heterocycles. The van der Waals surface area contributed by atoms with Crippen molar-refractivity contribution in [2.24, 2.45) is 5.73 Å². The minimum absolute atomic E-state index is 0.190. The molecule has 0 aliphatic heterocycles. The van der Waals surface area contributed by atoms with Crippen molar-refractivity contribution in [1.29, 1.82) is 0 Å². The maximum atomic E-state index is 10.8. The summed E-state index contributed by atoms with van der Waals surface area (Å²) in [6.07, 6.45) is 3.11. The summed E-state index contributed by atoms with van der Waals surface area (Å²) in [5, 5.41) is 0. The molecule has 3 nitrogen and oxygen atoms in total. The molecule has 3 heteroatoms. The molecule has 11 heavy (non-hydrogen) atoms. The summed E-state index contributed by atoms with van der Waals surface area (Å²) in [5.41, 5.74) is 6.33. The molecule has 2 N–H and O–H groups in total. The quantitative estimate of drug-likeness (QED) is 0.611. The first-order valence-corrected chi connectivity index (χ1v) is 3.92. The summed E-state index contributed by atoms with van der Waals surface area (Å²) in [7, 11) is 0. The summed E-state index contributed by atoms with van der Waals surface area (Å²) >= 11 is 0. The Labute approximate surface area is 66.2 Å². The van der Waals surface area contributed by atoms with Crippen LogP contribution in [0.3, 0.4) is 0 Å². The minimum Gasteiger partial charge on any atom is -0.429 e. The van der Waals surface area contributed by atoms with Crippen LogP contribution in [0.25, 0.3) is 0 Å². The second-order valence-corrected chi connectivity index (χ2v) is 2.63. The molecule has 0 radical (unpaired) electrons. The van der Waals surface area contributed by atoms with E-state index in [9.17, 15) is 4.79 Å². The van der Waals surface area contributed by atoms with Crippen molar-refractivity contribution in [2.45, 2.75) is 32.6 Å². The largest absolute Gasteiger partial charge is 0.429 e. The van der Waals surface area contributed by atoms with Crippen LogP contribution in [0.2, 0.25) is 0 Å². The molecule has 1 aliphatic carbocycles. The number of carbonyl (C=O) groups is 1. The van der Waals surface area contributed by atoms with Gasteiger partial charge in [0.25, 0.3) is 0 Å². The molecular formula is C8H13NO2. The standard InChI is InChI=1S/C8H13NO2/c1-2-8(10)11-7-5-3-4-6(7)9/h2-5,9H2,1H3. The highest BCUT2D eigenvalue weighted by atomic mass is 16.5. The first kappa shape index (κ1) is 8.11. The average molecular weight is 155 g/mol. The van der Waals surface area contributed by atoms with Gasteiger partial charge < -0.3 is 10.5 Å². The summed E-state index contributed by atoms with van der Waals surface area (Å²) in [6, 6.07) is 0. The fourth-order valence-electron chi connectivity index (χ4n) is 1.07. The molecule has 0 bridgehead atoms. The zero-order chi connectivity index (χ0) is 8.27. The lowest BCUT2D eigenvalue weighted by Crippen LogP contribution is -2.05. The van der Waals surface area contributed by atoms with Crippen LogP contribution < -0.4 is 5.73 Å². The monoisotopic (exact) mass is 155 g/mol. The first-order chi connectivity index (χ1) is 5.24. The molecule has 0 heterocycles. The van der Waals surface area contributed by atoms with Crippen LogP contribution in [0.5, 0.6) is 0 Å². The SMILES string of the molecule is CCC(=O)OC1=C(N)CCC1. The number of carbonyl (C=O) groups excluding carboxylic acids is 1. The Hall–Kier alpha value is -0.990. The van der Waals surface area contributed by atoms with E-state index in [1.807, 2.05) is 0 Å². The van der Waals surface area contributed by atoms with Gasteiger partial charge in [-0.25, -0.2) is 0 Å². The Balaban J connectivity index is 2.48. The topological polar surface area (TPSA) is 52.3 Å². The van der Waals surface area contributed by atoms with Crippen molar-refractivity contribution in [3.8, 4) is 0 Å². The van der Waals surface area contributed by atoms with Gasteiger partial charge in [-0.15, -0.1) is 0 Å². The predicted octanol–water partition coefficient (Wildman–Crippen LogP) is 1.29. The second kappa shape index (κ2) is 3.42. The van der Waals surface area contributed by atoms with Crippen LogP contribution in [0.15, 0.2) is 11.5 Å². The van der Waals surface area contributed by atoms with Crippen molar-refractivity contribution in [2.75, 3.05) is 0 Å². The lowest BCUT2D eigenvalue weighted by Gasteiger charge is -2.03. The van der Waals surface area contributed by atoms with E-state index in [4.69, 9.17) is 10.5 Å². The molecule has 0 amide bonds. The molecule has 0 atom stereocenters. The predicted molar refractivity (Wildman–Crippen MR) is 41.4 cm³/mol. The molecule has 0 saturated heterocycles. The molecule has 0 saturated carbocycles. The molecule has 0 aromatic carbocycles. The van der Waals surface area contributed by atoms with Crippen molar-refractivity contribution >= 4 is 5.97 Å². The molecule has 0 fully saturated rings. The van der Waals surface area contributed by atoms with Gasteiger partial charge in [-0.05, 0) is 12.8 Å². The van der Waals surface area contributed by atoms with Crippen molar-refractivity contribution in [1.82, 2.24) is 0 Å². The third-order valence-electron chi connectivity index (χ3n) is 1.73. The van der Waals surface area contributed by atoms with E-state index in [0.717, 1.165) is 25.0 Å².